The van der Waals surface area contributed by atoms with Crippen molar-refractivity contribution in [2.45, 2.75) is 63.1 Å². The van der Waals surface area contributed by atoms with Gasteiger partial charge in [-0.25, -0.2) is 4.99 Å². The number of nitrogens with zero attached hydrogens (tertiary/aromatic N) is 3. The van der Waals surface area contributed by atoms with E-state index in [0.29, 0.717) is 12.1 Å². The Kier molecular flexibility index (Phi) is 6.69. The maximum absolute atomic E-state index is 12.0. The molecular formula is C19H34IN5O. The molecule has 1 amide bonds. The molecule has 4 fully saturated rings. The highest BCUT2D eigenvalue weighted by Gasteiger charge is 2.40. The number of rotatable bonds is 5. The Balaban J connectivity index is 0.00000196. The maximum atomic E-state index is 12.0. The number of fused-ring (bicyclic) bond motifs is 2. The lowest BCUT2D eigenvalue weighted by Crippen LogP contribution is -2.50. The molecule has 1 saturated heterocycles. The molecule has 0 spiro atoms. The summed E-state index contributed by atoms with van der Waals surface area (Å²) < 4.78 is 0. The van der Waals surface area contributed by atoms with Gasteiger partial charge in [-0.15, -0.1) is 24.0 Å². The molecular weight excluding hydrogens is 441 g/mol. The molecule has 7 heteroatoms. The van der Waals surface area contributed by atoms with E-state index in [0.717, 1.165) is 30.4 Å². The molecule has 0 radical (unpaired) electrons. The Hall–Kier alpha value is -0.570. The highest BCUT2D eigenvalue weighted by molar-refractivity contribution is 14.0. The van der Waals surface area contributed by atoms with Crippen LogP contribution in [-0.4, -0.2) is 73.5 Å². The fraction of sp³-hybridized carbons (Fsp3) is 0.895. The predicted molar refractivity (Wildman–Crippen MR) is 115 cm³/mol. The van der Waals surface area contributed by atoms with Crippen molar-refractivity contribution in [1.29, 1.82) is 0 Å². The number of guanidine groups is 1. The number of nitrogens with one attached hydrogen (secondary N) is 2. The van der Waals surface area contributed by atoms with Crippen LogP contribution in [-0.2, 0) is 4.79 Å². The van der Waals surface area contributed by atoms with Crippen LogP contribution in [0, 0.1) is 11.8 Å². The predicted octanol–water partition coefficient (Wildman–Crippen LogP) is 1.65. The van der Waals surface area contributed by atoms with E-state index in [4.69, 9.17) is 0 Å². The zero-order valence-corrected chi connectivity index (χ0v) is 18.4. The average molecular weight is 475 g/mol. The summed E-state index contributed by atoms with van der Waals surface area (Å²) in [6, 6.07) is 1.83. The third kappa shape index (κ3) is 4.82. The summed E-state index contributed by atoms with van der Waals surface area (Å²) in [5, 5.41) is 7.31. The molecule has 4 atom stereocenters. The molecule has 2 N–H and O–H groups in total. The van der Waals surface area contributed by atoms with E-state index in [1.54, 1.807) is 19.0 Å². The molecule has 1 aliphatic heterocycles. The first-order chi connectivity index (χ1) is 12.1. The molecule has 0 aromatic heterocycles. The van der Waals surface area contributed by atoms with Gasteiger partial charge < -0.3 is 15.5 Å². The highest BCUT2D eigenvalue weighted by Crippen LogP contribution is 2.44. The minimum Gasteiger partial charge on any atom is -0.353 e. The number of hydrogen-bond acceptors (Lipinski definition) is 3. The lowest BCUT2D eigenvalue weighted by Gasteiger charge is -2.27. The van der Waals surface area contributed by atoms with E-state index in [-0.39, 0.29) is 36.4 Å². The van der Waals surface area contributed by atoms with E-state index in [1.165, 1.54) is 51.5 Å². The minimum absolute atomic E-state index is 0. The Morgan fingerprint density at radius 1 is 1.12 bits per heavy atom. The standard InChI is InChI=1S/C19H33N5O.HI/c1-23(2)18(25)11-20-19(22-17-10-13-3-4-14(17)9-13)21-15-7-8-24(12-15)16-5-6-16;/h13-17H,3-12H2,1-2H3,(H2,20,21,22);1H. The lowest BCUT2D eigenvalue weighted by atomic mass is 9.95. The normalized spacial score (nSPS) is 33.8. The van der Waals surface area contributed by atoms with Crippen molar-refractivity contribution in [2.24, 2.45) is 16.8 Å². The largest absolute Gasteiger partial charge is 0.353 e. The summed E-state index contributed by atoms with van der Waals surface area (Å²) >= 11 is 0. The van der Waals surface area contributed by atoms with E-state index in [2.05, 4.69) is 20.5 Å². The van der Waals surface area contributed by atoms with Crippen molar-refractivity contribution in [1.82, 2.24) is 20.4 Å². The van der Waals surface area contributed by atoms with Gasteiger partial charge in [0.2, 0.25) is 5.91 Å². The van der Waals surface area contributed by atoms with Gasteiger partial charge in [0.05, 0.1) is 0 Å². The van der Waals surface area contributed by atoms with Crippen molar-refractivity contribution in [2.75, 3.05) is 33.7 Å². The van der Waals surface area contributed by atoms with Crippen LogP contribution in [0.25, 0.3) is 0 Å². The van der Waals surface area contributed by atoms with Gasteiger partial charge in [0.1, 0.15) is 6.54 Å². The second kappa shape index (κ2) is 8.63. The molecule has 2 bridgehead atoms. The first-order valence-electron chi connectivity index (χ1n) is 10.1. The fourth-order valence-electron chi connectivity index (χ4n) is 4.89. The molecule has 6 nitrogen and oxygen atoms in total. The summed E-state index contributed by atoms with van der Waals surface area (Å²) in [5.74, 6) is 2.62. The second-order valence-corrected chi connectivity index (χ2v) is 8.73. The van der Waals surface area contributed by atoms with Gasteiger partial charge in [0.25, 0.3) is 0 Å². The summed E-state index contributed by atoms with van der Waals surface area (Å²) in [7, 11) is 3.58. The van der Waals surface area contributed by atoms with Crippen LogP contribution in [0.5, 0.6) is 0 Å². The first kappa shape index (κ1) is 20.2. The zero-order chi connectivity index (χ0) is 17.4. The second-order valence-electron chi connectivity index (χ2n) is 8.73. The number of hydrogen-bond donors (Lipinski definition) is 2. The van der Waals surface area contributed by atoms with Crippen molar-refractivity contribution in [3.05, 3.63) is 0 Å². The monoisotopic (exact) mass is 475 g/mol. The summed E-state index contributed by atoms with van der Waals surface area (Å²) in [4.78, 5) is 20.8. The van der Waals surface area contributed by atoms with Gasteiger partial charge in [-0.3, -0.25) is 9.69 Å². The topological polar surface area (TPSA) is 60.0 Å². The van der Waals surface area contributed by atoms with Gasteiger partial charge in [-0.1, -0.05) is 6.42 Å². The molecule has 4 rings (SSSR count). The molecule has 4 unspecified atom stereocenters. The molecule has 148 valence electrons. The summed E-state index contributed by atoms with van der Waals surface area (Å²) in [6.45, 7) is 2.53. The number of likely N-dealkylation sites (N-methyl/N-ethyl adjacent to an activating group) is 1. The number of carbonyl (C=O) groups excluding carboxylic acids is 1. The van der Waals surface area contributed by atoms with Gasteiger partial charge in [-0.2, -0.15) is 0 Å². The van der Waals surface area contributed by atoms with Crippen LogP contribution in [0.4, 0.5) is 0 Å². The van der Waals surface area contributed by atoms with Gasteiger partial charge in [0, 0.05) is 45.3 Å². The molecule has 1 heterocycles. The quantitative estimate of drug-likeness (QED) is 0.361. The Morgan fingerprint density at radius 3 is 2.54 bits per heavy atom. The average Bonchev–Trinajstić information content (AvgIpc) is 3.01. The van der Waals surface area contributed by atoms with Gasteiger partial charge in [0.15, 0.2) is 5.96 Å². The third-order valence-corrected chi connectivity index (χ3v) is 6.56. The Bertz CT molecular complexity index is 536. The molecule has 0 aromatic carbocycles. The van der Waals surface area contributed by atoms with E-state index in [1.807, 2.05) is 0 Å². The van der Waals surface area contributed by atoms with Crippen molar-refractivity contribution in [3.8, 4) is 0 Å². The van der Waals surface area contributed by atoms with E-state index in [9.17, 15) is 4.79 Å². The highest BCUT2D eigenvalue weighted by atomic mass is 127. The fourth-order valence-corrected chi connectivity index (χ4v) is 4.89. The van der Waals surface area contributed by atoms with Crippen molar-refractivity contribution >= 4 is 35.8 Å². The van der Waals surface area contributed by atoms with Gasteiger partial charge >= 0.3 is 0 Å². The third-order valence-electron chi connectivity index (χ3n) is 6.56. The Morgan fingerprint density at radius 2 is 1.92 bits per heavy atom. The van der Waals surface area contributed by atoms with Crippen molar-refractivity contribution < 1.29 is 4.79 Å². The molecule has 26 heavy (non-hydrogen) atoms. The smallest absolute Gasteiger partial charge is 0.243 e. The van der Waals surface area contributed by atoms with Crippen LogP contribution in [0.3, 0.4) is 0 Å². The first-order valence-corrected chi connectivity index (χ1v) is 10.1. The lowest BCUT2D eigenvalue weighted by molar-refractivity contribution is -0.127. The number of halogens is 1. The van der Waals surface area contributed by atoms with E-state index >= 15 is 0 Å². The van der Waals surface area contributed by atoms with Crippen molar-refractivity contribution in [3.63, 3.8) is 0 Å². The number of carbonyl (C=O) groups is 1. The van der Waals surface area contributed by atoms with Crippen LogP contribution in [0.1, 0.15) is 44.9 Å². The zero-order valence-electron chi connectivity index (χ0n) is 16.1. The summed E-state index contributed by atoms with van der Waals surface area (Å²) in [5.41, 5.74) is 0. The van der Waals surface area contributed by atoms with Crippen LogP contribution in [0.2, 0.25) is 0 Å². The van der Waals surface area contributed by atoms with E-state index < -0.39 is 0 Å². The number of likely N-dealkylation sites (tertiary alicyclic amines) is 1. The molecule has 3 saturated carbocycles. The number of aliphatic imine (C=N–C) groups is 1. The minimum atomic E-state index is 0. The summed E-state index contributed by atoms with van der Waals surface area (Å²) in [6.07, 6.45) is 9.32. The van der Waals surface area contributed by atoms with Gasteiger partial charge in [-0.05, 0) is 50.4 Å². The molecule has 0 aromatic rings. The Labute approximate surface area is 174 Å². The van der Waals surface area contributed by atoms with Crippen LogP contribution in [0.15, 0.2) is 4.99 Å². The number of amides is 1. The SMILES string of the molecule is CN(C)C(=O)CN=C(NC1CCN(C2CC2)C1)NC1CC2CCC1C2.I. The van der Waals surface area contributed by atoms with Crippen LogP contribution < -0.4 is 10.6 Å². The molecule has 3 aliphatic carbocycles. The maximum Gasteiger partial charge on any atom is 0.243 e. The molecule has 4 aliphatic rings. The van der Waals surface area contributed by atoms with Crippen LogP contribution >= 0.6 is 24.0 Å².